The van der Waals surface area contributed by atoms with E-state index in [1.807, 2.05) is 36.5 Å². The highest BCUT2D eigenvalue weighted by atomic mass is 15.1. The van der Waals surface area contributed by atoms with E-state index in [1.165, 1.54) is 0 Å². The fraction of sp³-hybridized carbons (Fsp3) is 0.267. The summed E-state index contributed by atoms with van der Waals surface area (Å²) < 4.78 is 0. The zero-order valence-electron chi connectivity index (χ0n) is 11.6. The van der Waals surface area contributed by atoms with Crippen LogP contribution in [0.4, 0.5) is 0 Å². The molecule has 0 unspecified atom stereocenters. The molecule has 0 fully saturated rings. The summed E-state index contributed by atoms with van der Waals surface area (Å²) in [5.41, 5.74) is 8.14. The highest BCUT2D eigenvalue weighted by Crippen LogP contribution is 2.09. The molecule has 2 aromatic rings. The van der Waals surface area contributed by atoms with Crippen molar-refractivity contribution in [2.45, 2.75) is 20.0 Å². The molecular formula is C15H19N5. The Morgan fingerprint density at radius 3 is 2.70 bits per heavy atom. The van der Waals surface area contributed by atoms with Gasteiger partial charge in [0.05, 0.1) is 5.69 Å². The molecule has 3 N–H and O–H groups in total. The van der Waals surface area contributed by atoms with Crippen molar-refractivity contribution in [3.05, 3.63) is 59.7 Å². The first-order valence-electron chi connectivity index (χ1n) is 6.60. The number of rotatable bonds is 6. The molecule has 0 bridgehead atoms. The molecule has 5 heteroatoms. The second kappa shape index (κ2) is 6.77. The Morgan fingerprint density at radius 1 is 1.20 bits per heavy atom. The van der Waals surface area contributed by atoms with E-state index in [2.05, 4.69) is 21.8 Å². The van der Waals surface area contributed by atoms with E-state index in [-0.39, 0.29) is 5.84 Å². The topological polar surface area (TPSA) is 78.9 Å². The van der Waals surface area contributed by atoms with Crippen molar-refractivity contribution in [2.75, 3.05) is 6.54 Å². The first-order chi connectivity index (χ1) is 9.69. The quantitative estimate of drug-likeness (QED) is 0.619. The average molecular weight is 269 g/mol. The van der Waals surface area contributed by atoms with E-state index in [0.29, 0.717) is 5.69 Å². The molecule has 104 valence electrons. The van der Waals surface area contributed by atoms with E-state index >= 15 is 0 Å². The van der Waals surface area contributed by atoms with Gasteiger partial charge >= 0.3 is 0 Å². The minimum atomic E-state index is -0.000348. The Labute approximate surface area is 119 Å². The highest BCUT2D eigenvalue weighted by molar-refractivity contribution is 5.93. The second-order valence-electron chi connectivity index (χ2n) is 4.59. The van der Waals surface area contributed by atoms with Gasteiger partial charge in [-0.1, -0.05) is 13.0 Å². The lowest BCUT2D eigenvalue weighted by molar-refractivity contribution is 0.268. The van der Waals surface area contributed by atoms with Gasteiger partial charge in [0.2, 0.25) is 0 Å². The summed E-state index contributed by atoms with van der Waals surface area (Å²) >= 11 is 0. The van der Waals surface area contributed by atoms with E-state index in [0.717, 1.165) is 30.9 Å². The first-order valence-corrected chi connectivity index (χ1v) is 6.60. The fourth-order valence-electron chi connectivity index (χ4n) is 1.98. The van der Waals surface area contributed by atoms with Gasteiger partial charge in [-0.3, -0.25) is 20.3 Å². The molecule has 2 rings (SSSR count). The molecule has 0 radical (unpaired) electrons. The number of hydrogen-bond donors (Lipinski definition) is 2. The molecule has 0 aromatic carbocycles. The van der Waals surface area contributed by atoms with Gasteiger partial charge in [-0.05, 0) is 36.4 Å². The number of amidine groups is 1. The molecule has 0 amide bonds. The van der Waals surface area contributed by atoms with Gasteiger partial charge in [-0.15, -0.1) is 0 Å². The number of nitrogen functional groups attached to an aromatic ring is 1. The predicted octanol–water partition coefficient (Wildman–Crippen LogP) is 1.78. The van der Waals surface area contributed by atoms with E-state index in [4.69, 9.17) is 11.1 Å². The number of pyridine rings is 2. The van der Waals surface area contributed by atoms with Crippen LogP contribution in [-0.4, -0.2) is 27.2 Å². The van der Waals surface area contributed by atoms with Gasteiger partial charge in [-0.25, -0.2) is 0 Å². The summed E-state index contributed by atoms with van der Waals surface area (Å²) in [5.74, 6) is -0.000348. The van der Waals surface area contributed by atoms with Crippen LogP contribution in [0.15, 0.2) is 42.7 Å². The van der Waals surface area contributed by atoms with Crippen molar-refractivity contribution in [1.82, 2.24) is 14.9 Å². The average Bonchev–Trinajstić information content (AvgIpc) is 2.48. The van der Waals surface area contributed by atoms with Gasteiger partial charge in [0.15, 0.2) is 0 Å². The van der Waals surface area contributed by atoms with Crippen LogP contribution in [0.3, 0.4) is 0 Å². The molecule has 0 saturated heterocycles. The van der Waals surface area contributed by atoms with Gasteiger partial charge in [0.25, 0.3) is 0 Å². The molecule has 20 heavy (non-hydrogen) atoms. The molecule has 0 aliphatic carbocycles. The van der Waals surface area contributed by atoms with E-state index in [1.54, 1.807) is 6.20 Å². The lowest BCUT2D eigenvalue weighted by Gasteiger charge is -2.20. The molecule has 0 atom stereocenters. The van der Waals surface area contributed by atoms with Crippen molar-refractivity contribution in [3.8, 4) is 0 Å². The van der Waals surface area contributed by atoms with Crippen LogP contribution in [0, 0.1) is 5.41 Å². The third-order valence-electron chi connectivity index (χ3n) is 3.07. The van der Waals surface area contributed by atoms with Crippen molar-refractivity contribution >= 4 is 5.84 Å². The monoisotopic (exact) mass is 269 g/mol. The smallest absolute Gasteiger partial charge is 0.141 e. The lowest BCUT2D eigenvalue weighted by Crippen LogP contribution is -2.23. The number of nitrogens with zero attached hydrogens (tertiary/aromatic N) is 3. The van der Waals surface area contributed by atoms with E-state index < -0.39 is 0 Å². The van der Waals surface area contributed by atoms with Crippen molar-refractivity contribution < 1.29 is 0 Å². The minimum Gasteiger partial charge on any atom is -0.382 e. The Hall–Kier alpha value is -2.27. The Kier molecular flexibility index (Phi) is 4.79. The standard InChI is InChI=1S/C15H19N5/c1-2-20(11-13-5-3-4-7-18-13)10-12-6-8-19-14(9-12)15(16)17/h3-9H,2,10-11H2,1H3,(H3,16,17). The van der Waals surface area contributed by atoms with Crippen LogP contribution in [0.25, 0.3) is 0 Å². The Bertz CT molecular complexity index is 567. The Balaban J connectivity index is 2.06. The molecule has 0 spiro atoms. The molecule has 2 aromatic heterocycles. The number of nitrogens with two attached hydrogens (primary N) is 1. The van der Waals surface area contributed by atoms with Crippen LogP contribution >= 0.6 is 0 Å². The van der Waals surface area contributed by atoms with Crippen LogP contribution in [-0.2, 0) is 13.1 Å². The predicted molar refractivity (Wildman–Crippen MR) is 79.3 cm³/mol. The molecular weight excluding hydrogens is 250 g/mol. The maximum atomic E-state index is 7.43. The zero-order chi connectivity index (χ0) is 14.4. The normalized spacial score (nSPS) is 10.7. The zero-order valence-corrected chi connectivity index (χ0v) is 11.6. The van der Waals surface area contributed by atoms with Gasteiger partial charge in [0, 0.05) is 25.5 Å². The summed E-state index contributed by atoms with van der Waals surface area (Å²) in [7, 11) is 0. The highest BCUT2D eigenvalue weighted by Gasteiger charge is 2.07. The lowest BCUT2D eigenvalue weighted by atomic mass is 10.2. The van der Waals surface area contributed by atoms with E-state index in [9.17, 15) is 0 Å². The van der Waals surface area contributed by atoms with Crippen molar-refractivity contribution in [2.24, 2.45) is 5.73 Å². The van der Waals surface area contributed by atoms with Crippen LogP contribution < -0.4 is 5.73 Å². The first kappa shape index (κ1) is 14.1. The largest absolute Gasteiger partial charge is 0.382 e. The minimum absolute atomic E-state index is 0.000348. The number of nitrogens with one attached hydrogen (secondary N) is 1. The third-order valence-corrected chi connectivity index (χ3v) is 3.07. The molecule has 0 saturated carbocycles. The summed E-state index contributed by atoms with van der Waals surface area (Å²) in [5, 5.41) is 7.43. The summed E-state index contributed by atoms with van der Waals surface area (Å²) in [6.07, 6.45) is 3.50. The maximum Gasteiger partial charge on any atom is 0.141 e. The molecule has 0 aliphatic heterocycles. The van der Waals surface area contributed by atoms with Gasteiger partial charge in [0.1, 0.15) is 11.5 Å². The van der Waals surface area contributed by atoms with Crippen molar-refractivity contribution in [1.29, 1.82) is 5.41 Å². The SMILES string of the molecule is CCN(Cc1ccnc(C(=N)N)c1)Cc1ccccn1. The second-order valence-corrected chi connectivity index (χ2v) is 4.59. The third kappa shape index (κ3) is 3.86. The van der Waals surface area contributed by atoms with Crippen LogP contribution in [0.1, 0.15) is 23.9 Å². The van der Waals surface area contributed by atoms with Crippen molar-refractivity contribution in [3.63, 3.8) is 0 Å². The molecule has 2 heterocycles. The summed E-state index contributed by atoms with van der Waals surface area (Å²) in [6, 6.07) is 9.76. The van der Waals surface area contributed by atoms with Crippen LogP contribution in [0.5, 0.6) is 0 Å². The Morgan fingerprint density at radius 2 is 2.05 bits per heavy atom. The number of hydrogen-bond acceptors (Lipinski definition) is 4. The molecule has 0 aliphatic rings. The summed E-state index contributed by atoms with van der Waals surface area (Å²) in [6.45, 7) is 4.63. The summed E-state index contributed by atoms with van der Waals surface area (Å²) in [4.78, 5) is 10.7. The molecule has 5 nitrogen and oxygen atoms in total. The number of aromatic nitrogens is 2. The van der Waals surface area contributed by atoms with Gasteiger partial charge in [-0.2, -0.15) is 0 Å². The van der Waals surface area contributed by atoms with Gasteiger partial charge < -0.3 is 5.73 Å². The maximum absolute atomic E-state index is 7.43. The fourth-order valence-corrected chi connectivity index (χ4v) is 1.98. The van der Waals surface area contributed by atoms with Crippen LogP contribution in [0.2, 0.25) is 0 Å².